The molecule has 1 heterocycles. The van der Waals surface area contributed by atoms with E-state index in [9.17, 15) is 9.18 Å². The number of aromatic nitrogens is 1. The average molecular weight is 303 g/mol. The van der Waals surface area contributed by atoms with Gasteiger partial charge in [0.2, 0.25) is 0 Å². The van der Waals surface area contributed by atoms with E-state index in [2.05, 4.69) is 4.98 Å². The van der Waals surface area contributed by atoms with Gasteiger partial charge >= 0.3 is 5.97 Å². The lowest BCUT2D eigenvalue weighted by Gasteiger charge is -2.05. The molecule has 0 fully saturated rings. The van der Waals surface area contributed by atoms with Gasteiger partial charge in [0, 0.05) is 0 Å². The number of thiazole rings is 1. The van der Waals surface area contributed by atoms with Crippen LogP contribution in [0.1, 0.15) is 15.4 Å². The highest BCUT2D eigenvalue weighted by Crippen LogP contribution is 2.24. The number of carbonyl (C=O) groups is 1. The molecule has 0 unspecified atom stereocenters. The fourth-order valence-electron chi connectivity index (χ4n) is 1.87. The third-order valence-electron chi connectivity index (χ3n) is 2.87. The predicted molar refractivity (Wildman–Crippen MR) is 77.3 cm³/mol. The van der Waals surface area contributed by atoms with Gasteiger partial charge in [0.25, 0.3) is 0 Å². The number of carboxylic acids is 1. The first-order valence-electron chi connectivity index (χ1n) is 6.13. The SMILES string of the molecule is O=C(O)c1ccc(OCc2nc3ccccc3s2)c(F)c1. The molecule has 4 nitrogen and oxygen atoms in total. The van der Waals surface area contributed by atoms with Crippen LogP contribution in [0.25, 0.3) is 10.2 Å². The van der Waals surface area contributed by atoms with E-state index in [0.29, 0.717) is 0 Å². The zero-order chi connectivity index (χ0) is 14.8. The summed E-state index contributed by atoms with van der Waals surface area (Å²) in [7, 11) is 0. The lowest BCUT2D eigenvalue weighted by molar-refractivity contribution is 0.0696. The van der Waals surface area contributed by atoms with Crippen LogP contribution >= 0.6 is 11.3 Å². The summed E-state index contributed by atoms with van der Waals surface area (Å²) in [5.41, 5.74) is 0.766. The van der Waals surface area contributed by atoms with Gasteiger partial charge in [-0.2, -0.15) is 0 Å². The maximum absolute atomic E-state index is 13.7. The molecular formula is C15H10FNO3S. The van der Waals surface area contributed by atoms with Crippen molar-refractivity contribution in [2.45, 2.75) is 6.61 Å². The summed E-state index contributed by atoms with van der Waals surface area (Å²) in [5, 5.41) is 9.51. The van der Waals surface area contributed by atoms with Crippen molar-refractivity contribution >= 4 is 27.5 Å². The first kappa shape index (κ1) is 13.5. The number of hydrogen-bond acceptors (Lipinski definition) is 4. The van der Waals surface area contributed by atoms with E-state index in [1.54, 1.807) is 0 Å². The molecule has 0 bridgehead atoms. The average Bonchev–Trinajstić information content (AvgIpc) is 2.88. The summed E-state index contributed by atoms with van der Waals surface area (Å²) in [4.78, 5) is 15.1. The molecule has 0 spiro atoms. The standard InChI is InChI=1S/C15H10FNO3S/c16-10-7-9(15(18)19)5-6-12(10)20-8-14-17-11-3-1-2-4-13(11)21-14/h1-7H,8H2,(H,18,19). The number of aromatic carboxylic acids is 1. The maximum atomic E-state index is 13.7. The quantitative estimate of drug-likeness (QED) is 0.798. The molecule has 6 heteroatoms. The van der Waals surface area contributed by atoms with Gasteiger partial charge in [0.1, 0.15) is 11.6 Å². The molecule has 0 aliphatic rings. The molecule has 0 saturated heterocycles. The normalized spacial score (nSPS) is 10.7. The van der Waals surface area contributed by atoms with Gasteiger partial charge in [-0.3, -0.25) is 0 Å². The lowest BCUT2D eigenvalue weighted by atomic mass is 10.2. The summed E-state index contributed by atoms with van der Waals surface area (Å²) in [6.07, 6.45) is 0. The van der Waals surface area contributed by atoms with Crippen LogP contribution in [0, 0.1) is 5.82 Å². The van der Waals surface area contributed by atoms with Gasteiger partial charge in [0.15, 0.2) is 11.6 Å². The van der Waals surface area contributed by atoms with Crippen LogP contribution in [0.4, 0.5) is 4.39 Å². The third kappa shape index (κ3) is 2.85. The molecule has 0 atom stereocenters. The maximum Gasteiger partial charge on any atom is 0.335 e. The highest BCUT2D eigenvalue weighted by Gasteiger charge is 2.10. The Morgan fingerprint density at radius 1 is 1.29 bits per heavy atom. The van der Waals surface area contributed by atoms with Gasteiger partial charge in [-0.05, 0) is 30.3 Å². The highest BCUT2D eigenvalue weighted by molar-refractivity contribution is 7.18. The van der Waals surface area contributed by atoms with Gasteiger partial charge in [-0.1, -0.05) is 12.1 Å². The predicted octanol–water partition coefficient (Wildman–Crippen LogP) is 3.71. The first-order valence-corrected chi connectivity index (χ1v) is 6.95. The number of fused-ring (bicyclic) bond motifs is 1. The number of para-hydroxylation sites is 1. The molecule has 3 aromatic rings. The highest BCUT2D eigenvalue weighted by atomic mass is 32.1. The minimum atomic E-state index is -1.17. The van der Waals surface area contributed by atoms with E-state index in [1.807, 2.05) is 24.3 Å². The van der Waals surface area contributed by atoms with E-state index in [1.165, 1.54) is 23.5 Å². The molecule has 0 aliphatic heterocycles. The Morgan fingerprint density at radius 3 is 2.81 bits per heavy atom. The molecular weight excluding hydrogens is 293 g/mol. The van der Waals surface area contributed by atoms with Gasteiger partial charge in [0.05, 0.1) is 15.8 Å². The Labute approximate surface area is 123 Å². The molecule has 3 rings (SSSR count). The van der Waals surface area contributed by atoms with Crippen LogP contribution in [-0.2, 0) is 6.61 Å². The Balaban J connectivity index is 1.76. The number of ether oxygens (including phenoxy) is 1. The second-order valence-electron chi connectivity index (χ2n) is 4.31. The first-order chi connectivity index (χ1) is 10.1. The van der Waals surface area contributed by atoms with Crippen molar-refractivity contribution in [1.29, 1.82) is 0 Å². The van der Waals surface area contributed by atoms with Crippen LogP contribution in [0.2, 0.25) is 0 Å². The molecule has 1 aromatic heterocycles. The van der Waals surface area contributed by atoms with Crippen molar-refractivity contribution in [1.82, 2.24) is 4.98 Å². The molecule has 1 N–H and O–H groups in total. The van der Waals surface area contributed by atoms with Crippen molar-refractivity contribution in [2.75, 3.05) is 0 Å². The molecule has 0 amide bonds. The van der Waals surface area contributed by atoms with E-state index >= 15 is 0 Å². The second-order valence-corrected chi connectivity index (χ2v) is 5.43. The van der Waals surface area contributed by atoms with E-state index < -0.39 is 11.8 Å². The van der Waals surface area contributed by atoms with E-state index in [-0.39, 0.29) is 17.9 Å². The number of benzene rings is 2. The lowest BCUT2D eigenvalue weighted by Crippen LogP contribution is -2.00. The largest absolute Gasteiger partial charge is 0.483 e. The molecule has 2 aromatic carbocycles. The minimum Gasteiger partial charge on any atom is -0.483 e. The van der Waals surface area contributed by atoms with Crippen molar-refractivity contribution in [3.63, 3.8) is 0 Å². The summed E-state index contributed by atoms with van der Waals surface area (Å²) >= 11 is 1.48. The van der Waals surface area contributed by atoms with Crippen LogP contribution < -0.4 is 4.74 Å². The van der Waals surface area contributed by atoms with Crippen LogP contribution in [0.5, 0.6) is 5.75 Å². The zero-order valence-electron chi connectivity index (χ0n) is 10.7. The second kappa shape index (κ2) is 5.49. The number of hydrogen-bond donors (Lipinski definition) is 1. The smallest absolute Gasteiger partial charge is 0.335 e. The summed E-state index contributed by atoms with van der Waals surface area (Å²) in [6.45, 7) is 0.142. The van der Waals surface area contributed by atoms with Gasteiger partial charge in [-0.25, -0.2) is 14.2 Å². The molecule has 21 heavy (non-hydrogen) atoms. The van der Waals surface area contributed by atoms with Gasteiger partial charge < -0.3 is 9.84 Å². The van der Waals surface area contributed by atoms with Crippen LogP contribution in [0.15, 0.2) is 42.5 Å². The Bertz CT molecular complexity index is 783. The Kier molecular flexibility index (Phi) is 3.53. The van der Waals surface area contributed by atoms with Crippen molar-refractivity contribution in [2.24, 2.45) is 0 Å². The number of nitrogens with zero attached hydrogens (tertiary/aromatic N) is 1. The minimum absolute atomic E-state index is 0.0132. The Morgan fingerprint density at radius 2 is 2.10 bits per heavy atom. The van der Waals surface area contributed by atoms with Gasteiger partial charge in [-0.15, -0.1) is 11.3 Å². The fraction of sp³-hybridized carbons (Fsp3) is 0.0667. The monoisotopic (exact) mass is 303 g/mol. The molecule has 0 radical (unpaired) electrons. The van der Waals surface area contributed by atoms with Crippen LogP contribution in [0.3, 0.4) is 0 Å². The third-order valence-corrected chi connectivity index (χ3v) is 3.88. The number of carboxylic acid groups (broad SMARTS) is 1. The van der Waals surface area contributed by atoms with Crippen LogP contribution in [-0.4, -0.2) is 16.1 Å². The number of halogens is 1. The fourth-order valence-corrected chi connectivity index (χ4v) is 2.75. The van der Waals surface area contributed by atoms with Crippen molar-refractivity contribution in [3.8, 4) is 5.75 Å². The molecule has 0 saturated carbocycles. The topological polar surface area (TPSA) is 59.4 Å². The zero-order valence-corrected chi connectivity index (χ0v) is 11.6. The number of rotatable bonds is 4. The summed E-state index contributed by atoms with van der Waals surface area (Å²) in [6, 6.07) is 11.2. The molecule has 106 valence electrons. The summed E-state index contributed by atoms with van der Waals surface area (Å²) < 4.78 is 20.1. The van der Waals surface area contributed by atoms with E-state index in [0.717, 1.165) is 21.3 Å². The van der Waals surface area contributed by atoms with E-state index in [4.69, 9.17) is 9.84 Å². The van der Waals surface area contributed by atoms with Crippen molar-refractivity contribution < 1.29 is 19.0 Å². The Hall–Kier alpha value is -2.47. The molecule has 0 aliphatic carbocycles. The van der Waals surface area contributed by atoms with Crippen molar-refractivity contribution in [3.05, 3.63) is 58.9 Å². The summed E-state index contributed by atoms with van der Waals surface area (Å²) in [5.74, 6) is -1.86.